The first-order valence-corrected chi connectivity index (χ1v) is 14.9. The number of ether oxygens (including phenoxy) is 3. The van der Waals surface area contributed by atoms with Gasteiger partial charge in [-0.25, -0.2) is 4.79 Å². The molecule has 0 radical (unpaired) electrons. The van der Waals surface area contributed by atoms with Crippen LogP contribution in [0.3, 0.4) is 0 Å². The highest BCUT2D eigenvalue weighted by Gasteiger charge is 2.36. The van der Waals surface area contributed by atoms with Crippen molar-refractivity contribution in [3.05, 3.63) is 104 Å². The first kappa shape index (κ1) is 32.7. The Morgan fingerprint density at radius 2 is 1.82 bits per heavy atom. The molecule has 3 amide bonds. The van der Waals surface area contributed by atoms with Gasteiger partial charge in [0, 0.05) is 16.3 Å². The van der Waals surface area contributed by atoms with Crippen molar-refractivity contribution in [1.29, 1.82) is 0 Å². The minimum atomic E-state index is -0.640. The van der Waals surface area contributed by atoms with E-state index in [0.717, 1.165) is 27.8 Å². The highest BCUT2D eigenvalue weighted by molar-refractivity contribution is 8.18. The average molecular weight is 656 g/mol. The van der Waals surface area contributed by atoms with E-state index in [1.54, 1.807) is 37.3 Å². The third-order valence-corrected chi connectivity index (χ3v) is 7.74. The van der Waals surface area contributed by atoms with Crippen LogP contribution in [0.4, 0.5) is 10.5 Å². The number of rotatable bonds is 12. The lowest BCUT2D eigenvalue weighted by Crippen LogP contribution is -2.36. The van der Waals surface area contributed by atoms with E-state index < -0.39 is 29.6 Å². The molecular formula is C32H28Cl2N2O7S. The lowest BCUT2D eigenvalue weighted by molar-refractivity contribution is -0.127. The summed E-state index contributed by atoms with van der Waals surface area (Å²) in [5.74, 6) is -0.932. The normalized spacial score (nSPS) is 13.6. The summed E-state index contributed by atoms with van der Waals surface area (Å²) in [6.07, 6.45) is 3.74. The number of benzene rings is 3. The number of amides is 3. The molecule has 1 aliphatic heterocycles. The predicted octanol–water partition coefficient (Wildman–Crippen LogP) is 7.16. The second kappa shape index (κ2) is 15.0. The Balaban J connectivity index is 1.49. The average Bonchev–Trinajstić information content (AvgIpc) is 3.25. The van der Waals surface area contributed by atoms with Crippen LogP contribution >= 0.6 is 35.0 Å². The van der Waals surface area contributed by atoms with Crippen molar-refractivity contribution in [3.8, 4) is 11.5 Å². The highest BCUT2D eigenvalue weighted by Crippen LogP contribution is 2.37. The molecular weight excluding hydrogens is 627 g/mol. The van der Waals surface area contributed by atoms with Crippen LogP contribution in [-0.4, -0.2) is 48.2 Å². The molecule has 0 aromatic heterocycles. The maximum Gasteiger partial charge on any atom is 0.339 e. The summed E-state index contributed by atoms with van der Waals surface area (Å²) < 4.78 is 16.7. The summed E-state index contributed by atoms with van der Waals surface area (Å²) in [4.78, 5) is 51.7. The van der Waals surface area contributed by atoms with E-state index in [1.807, 2.05) is 18.2 Å². The van der Waals surface area contributed by atoms with E-state index in [1.165, 1.54) is 25.3 Å². The summed E-state index contributed by atoms with van der Waals surface area (Å²) in [6.45, 7) is 5.39. The molecule has 0 saturated carbocycles. The number of methoxy groups -OCH3 is 1. The fourth-order valence-corrected chi connectivity index (χ4v) is 5.38. The molecule has 0 bridgehead atoms. The topological polar surface area (TPSA) is 111 Å². The lowest BCUT2D eigenvalue weighted by Gasteiger charge is -2.16. The van der Waals surface area contributed by atoms with Gasteiger partial charge in [0.05, 0.1) is 29.2 Å². The predicted molar refractivity (Wildman–Crippen MR) is 171 cm³/mol. The largest absolute Gasteiger partial charge is 0.493 e. The van der Waals surface area contributed by atoms with Crippen molar-refractivity contribution in [2.75, 3.05) is 25.6 Å². The first-order chi connectivity index (χ1) is 21.1. The Morgan fingerprint density at radius 3 is 2.50 bits per heavy atom. The number of carbonyl (C=O) groups is 4. The quantitative estimate of drug-likeness (QED) is 0.124. The molecule has 0 aliphatic carbocycles. The molecule has 1 N–H and O–H groups in total. The van der Waals surface area contributed by atoms with E-state index in [0.29, 0.717) is 28.5 Å². The number of anilines is 1. The number of thioether (sulfide) groups is 1. The van der Waals surface area contributed by atoms with Crippen molar-refractivity contribution < 1.29 is 33.4 Å². The SMILES string of the molecule is C=CCc1cc(/C=C2\SC(=O)N(CC(=O)Nc3ccc(Cl)c(C(=O)OCC)c3)C2=O)cc(OC)c1OCc1ccc(Cl)cc1. The highest BCUT2D eigenvalue weighted by atomic mass is 35.5. The molecule has 0 unspecified atom stereocenters. The molecule has 0 spiro atoms. The van der Waals surface area contributed by atoms with Gasteiger partial charge in [0.1, 0.15) is 13.2 Å². The molecule has 9 nitrogen and oxygen atoms in total. The Labute approximate surface area is 268 Å². The van der Waals surface area contributed by atoms with Gasteiger partial charge in [-0.2, -0.15) is 0 Å². The van der Waals surface area contributed by atoms with Gasteiger partial charge >= 0.3 is 5.97 Å². The van der Waals surface area contributed by atoms with E-state index in [9.17, 15) is 19.2 Å². The van der Waals surface area contributed by atoms with Gasteiger partial charge in [-0.1, -0.05) is 41.4 Å². The molecule has 3 aromatic rings. The van der Waals surface area contributed by atoms with Gasteiger partial charge in [0.25, 0.3) is 11.1 Å². The Kier molecular flexibility index (Phi) is 11.1. The van der Waals surface area contributed by atoms with Crippen molar-refractivity contribution in [3.63, 3.8) is 0 Å². The Hall–Kier alpha value is -4.25. The fourth-order valence-electron chi connectivity index (χ4n) is 4.23. The number of nitrogens with one attached hydrogen (secondary N) is 1. The summed E-state index contributed by atoms with van der Waals surface area (Å²) in [7, 11) is 1.51. The zero-order valence-corrected chi connectivity index (χ0v) is 26.2. The van der Waals surface area contributed by atoms with E-state index in [-0.39, 0.29) is 34.4 Å². The van der Waals surface area contributed by atoms with Crippen LogP contribution in [0.1, 0.15) is 34.0 Å². The summed E-state index contributed by atoms with van der Waals surface area (Å²) in [5.41, 5.74) is 2.61. The number of carbonyl (C=O) groups excluding carboxylic acids is 4. The summed E-state index contributed by atoms with van der Waals surface area (Å²) >= 11 is 12.8. The molecule has 3 aromatic carbocycles. The minimum Gasteiger partial charge on any atom is -0.493 e. The number of imide groups is 1. The van der Waals surface area contributed by atoms with Crippen LogP contribution in [-0.2, 0) is 27.4 Å². The molecule has 1 saturated heterocycles. The third kappa shape index (κ3) is 8.02. The van der Waals surface area contributed by atoms with Crippen LogP contribution in [0.25, 0.3) is 6.08 Å². The summed E-state index contributed by atoms with van der Waals surface area (Å²) in [5, 5.41) is 2.77. The second-order valence-electron chi connectivity index (χ2n) is 9.35. The fraction of sp³-hybridized carbons (Fsp3) is 0.188. The molecule has 44 heavy (non-hydrogen) atoms. The van der Waals surface area contributed by atoms with Gasteiger partial charge in [-0.3, -0.25) is 19.3 Å². The number of esters is 1. The zero-order chi connectivity index (χ0) is 31.8. The summed E-state index contributed by atoms with van der Waals surface area (Å²) in [6, 6.07) is 15.1. The monoisotopic (exact) mass is 654 g/mol. The number of nitrogens with zero attached hydrogens (tertiary/aromatic N) is 1. The number of halogens is 2. The number of hydrogen-bond donors (Lipinski definition) is 1. The standard InChI is InChI=1S/C32H28Cl2N2O7S/c1-4-6-21-13-20(14-26(41-3)29(21)43-18-19-7-9-22(33)10-8-19)15-27-30(38)36(32(40)44-27)17-28(37)35-23-11-12-25(34)24(16-23)31(39)42-5-2/h4,7-16H,1,5-6,17-18H2,2-3H3,(H,35,37)/b27-15-. The van der Waals surface area contributed by atoms with E-state index in [2.05, 4.69) is 11.9 Å². The van der Waals surface area contributed by atoms with Gasteiger partial charge in [0.2, 0.25) is 5.91 Å². The van der Waals surface area contributed by atoms with Crippen molar-refractivity contribution in [2.45, 2.75) is 20.0 Å². The molecule has 12 heteroatoms. The molecule has 1 fully saturated rings. The zero-order valence-electron chi connectivity index (χ0n) is 23.9. The molecule has 1 heterocycles. The lowest BCUT2D eigenvalue weighted by atomic mass is 10.0. The molecule has 228 valence electrons. The van der Waals surface area contributed by atoms with Crippen LogP contribution < -0.4 is 14.8 Å². The van der Waals surface area contributed by atoms with Crippen LogP contribution in [0.15, 0.2) is 72.2 Å². The molecule has 0 atom stereocenters. The maximum atomic E-state index is 13.2. The van der Waals surface area contributed by atoms with E-state index >= 15 is 0 Å². The minimum absolute atomic E-state index is 0.0769. The van der Waals surface area contributed by atoms with Crippen LogP contribution in [0.2, 0.25) is 10.0 Å². The second-order valence-corrected chi connectivity index (χ2v) is 11.2. The molecule has 4 rings (SSSR count). The van der Waals surface area contributed by atoms with Gasteiger partial charge in [-0.05, 0) is 84.8 Å². The number of hydrogen-bond acceptors (Lipinski definition) is 8. The van der Waals surface area contributed by atoms with Crippen molar-refractivity contribution >= 4 is 69.8 Å². The third-order valence-electron chi connectivity index (χ3n) is 6.25. The van der Waals surface area contributed by atoms with Crippen LogP contribution in [0.5, 0.6) is 11.5 Å². The van der Waals surface area contributed by atoms with Crippen LogP contribution in [0, 0.1) is 0 Å². The van der Waals surface area contributed by atoms with Crippen molar-refractivity contribution in [1.82, 2.24) is 4.90 Å². The Bertz CT molecular complexity index is 1640. The maximum absolute atomic E-state index is 13.2. The molecule has 1 aliphatic rings. The first-order valence-electron chi connectivity index (χ1n) is 13.3. The smallest absolute Gasteiger partial charge is 0.339 e. The number of allylic oxidation sites excluding steroid dienone is 1. The van der Waals surface area contributed by atoms with Gasteiger partial charge in [-0.15, -0.1) is 6.58 Å². The van der Waals surface area contributed by atoms with Gasteiger partial charge in [0.15, 0.2) is 11.5 Å². The Morgan fingerprint density at radius 1 is 1.07 bits per heavy atom. The van der Waals surface area contributed by atoms with Gasteiger partial charge < -0.3 is 19.5 Å². The van der Waals surface area contributed by atoms with Crippen molar-refractivity contribution in [2.24, 2.45) is 0 Å². The van der Waals surface area contributed by atoms with E-state index in [4.69, 9.17) is 37.4 Å².